The lowest BCUT2D eigenvalue weighted by Gasteiger charge is -2.56. The molecule has 3 fully saturated rings. The number of aliphatic hydroxyl groups is 2. The van der Waals surface area contributed by atoms with Crippen LogP contribution < -0.4 is 0 Å². The Bertz CT molecular complexity index is 764. The second-order valence-electron chi connectivity index (χ2n) is 9.02. The lowest BCUT2D eigenvalue weighted by Crippen LogP contribution is -2.60. The van der Waals surface area contributed by atoms with E-state index in [2.05, 4.69) is 0 Å². The Kier molecular flexibility index (Phi) is 3.74. The van der Waals surface area contributed by atoms with Crippen LogP contribution in [0.15, 0.2) is 23.8 Å². The van der Waals surface area contributed by atoms with Gasteiger partial charge < -0.3 is 10.2 Å². The zero-order valence-electron chi connectivity index (χ0n) is 15.3. The van der Waals surface area contributed by atoms with Crippen LogP contribution in [0.25, 0.3) is 0 Å². The summed E-state index contributed by atoms with van der Waals surface area (Å²) in [6.07, 6.45) is 7.82. The van der Waals surface area contributed by atoms with Gasteiger partial charge in [0, 0.05) is 23.2 Å². The van der Waals surface area contributed by atoms with E-state index in [1.165, 1.54) is 0 Å². The zero-order chi connectivity index (χ0) is 18.9. The minimum Gasteiger partial charge on any atom is -0.388 e. The number of carbonyl (C=O) groups is 3. The standard InChI is InChI=1S/C21H26O5/c1-19-7-5-13(23)9-12(19)3-4-14-15-6-8-21(26,17(25)11-22)20(15,2)10-16(24)18(14)19/h5,7,9,14-15,18,22,26H,3-4,6,8,10-11H2,1-2H3/t14?,15?,18?,19?,20-,21?/m0/s1. The minimum atomic E-state index is -1.62. The molecule has 3 saturated carbocycles. The van der Waals surface area contributed by atoms with Crippen LogP contribution in [-0.2, 0) is 14.4 Å². The Morgan fingerprint density at radius 1 is 1.27 bits per heavy atom. The van der Waals surface area contributed by atoms with Crippen molar-refractivity contribution >= 4 is 17.3 Å². The molecule has 5 unspecified atom stereocenters. The first-order valence-corrected chi connectivity index (χ1v) is 9.51. The molecule has 0 amide bonds. The maximum Gasteiger partial charge on any atom is 0.190 e. The van der Waals surface area contributed by atoms with E-state index in [4.69, 9.17) is 0 Å². The van der Waals surface area contributed by atoms with Gasteiger partial charge in [-0.1, -0.05) is 25.5 Å². The highest BCUT2D eigenvalue weighted by Gasteiger charge is 2.68. The molecule has 4 aliphatic rings. The molecule has 4 rings (SSSR count). The minimum absolute atomic E-state index is 0.0206. The highest BCUT2D eigenvalue weighted by Crippen LogP contribution is 2.66. The van der Waals surface area contributed by atoms with Gasteiger partial charge in [-0.15, -0.1) is 0 Å². The van der Waals surface area contributed by atoms with Gasteiger partial charge in [-0.05, 0) is 49.7 Å². The molecule has 5 heteroatoms. The molecule has 0 aromatic carbocycles. The van der Waals surface area contributed by atoms with Gasteiger partial charge in [-0.3, -0.25) is 14.4 Å². The van der Waals surface area contributed by atoms with Crippen molar-refractivity contribution in [1.29, 1.82) is 0 Å². The topological polar surface area (TPSA) is 91.7 Å². The average molecular weight is 358 g/mol. The number of hydrogen-bond donors (Lipinski definition) is 2. The van der Waals surface area contributed by atoms with E-state index in [1.54, 1.807) is 12.2 Å². The summed E-state index contributed by atoms with van der Waals surface area (Å²) < 4.78 is 0. The van der Waals surface area contributed by atoms with Gasteiger partial charge in [0.25, 0.3) is 0 Å². The Morgan fingerprint density at radius 2 is 2.00 bits per heavy atom. The van der Waals surface area contributed by atoms with Crippen LogP contribution >= 0.6 is 0 Å². The smallest absolute Gasteiger partial charge is 0.190 e. The molecule has 5 nitrogen and oxygen atoms in total. The lowest BCUT2D eigenvalue weighted by atomic mass is 9.46. The molecular formula is C21H26O5. The fraction of sp³-hybridized carbons (Fsp3) is 0.667. The number of carbonyl (C=O) groups excluding carboxylic acids is 3. The molecular weight excluding hydrogens is 332 g/mol. The van der Waals surface area contributed by atoms with Gasteiger partial charge in [0.2, 0.25) is 0 Å². The number of fused-ring (bicyclic) bond motifs is 5. The van der Waals surface area contributed by atoms with E-state index < -0.39 is 28.8 Å². The molecule has 0 radical (unpaired) electrons. The van der Waals surface area contributed by atoms with Crippen LogP contribution in [0.1, 0.15) is 46.0 Å². The van der Waals surface area contributed by atoms with Crippen LogP contribution in [0.4, 0.5) is 0 Å². The zero-order valence-corrected chi connectivity index (χ0v) is 15.3. The highest BCUT2D eigenvalue weighted by molar-refractivity contribution is 6.02. The van der Waals surface area contributed by atoms with E-state index in [9.17, 15) is 24.6 Å². The SMILES string of the molecule is CC12C=CC(=O)C=C1CCC1C2C(=O)C[C@@]2(C)C1CCC2(O)C(=O)CO. The molecule has 0 spiro atoms. The molecule has 0 aliphatic heterocycles. The fourth-order valence-electron chi connectivity index (χ4n) is 6.62. The Balaban J connectivity index is 1.76. The third kappa shape index (κ3) is 2.01. The van der Waals surface area contributed by atoms with Crippen LogP contribution in [0, 0.1) is 28.6 Å². The van der Waals surface area contributed by atoms with Crippen LogP contribution in [0.2, 0.25) is 0 Å². The van der Waals surface area contributed by atoms with E-state index in [-0.39, 0.29) is 35.7 Å². The summed E-state index contributed by atoms with van der Waals surface area (Å²) >= 11 is 0. The summed E-state index contributed by atoms with van der Waals surface area (Å²) in [5.74, 6) is -0.590. The van der Waals surface area contributed by atoms with Crippen molar-refractivity contribution in [2.45, 2.75) is 51.6 Å². The Labute approximate surface area is 153 Å². The molecule has 0 heterocycles. The van der Waals surface area contributed by atoms with Gasteiger partial charge in [0.1, 0.15) is 18.0 Å². The third-order valence-corrected chi connectivity index (χ3v) is 8.01. The van der Waals surface area contributed by atoms with Crippen molar-refractivity contribution in [3.05, 3.63) is 23.8 Å². The van der Waals surface area contributed by atoms with Crippen LogP contribution in [-0.4, -0.2) is 39.8 Å². The number of hydrogen-bond acceptors (Lipinski definition) is 5. The molecule has 140 valence electrons. The Hall–Kier alpha value is -1.59. The second-order valence-corrected chi connectivity index (χ2v) is 9.02. The number of allylic oxidation sites excluding steroid dienone is 4. The molecule has 0 aromatic rings. The summed E-state index contributed by atoms with van der Waals surface area (Å²) in [4.78, 5) is 37.4. The number of rotatable bonds is 2. The molecule has 0 bridgehead atoms. The largest absolute Gasteiger partial charge is 0.388 e. The van der Waals surface area contributed by atoms with E-state index in [0.29, 0.717) is 12.8 Å². The van der Waals surface area contributed by atoms with E-state index in [1.807, 2.05) is 19.9 Å². The van der Waals surface area contributed by atoms with Gasteiger partial charge in [0.15, 0.2) is 11.6 Å². The number of Topliss-reactive ketones (excluding diaryl/α,β-unsaturated/α-hetero) is 2. The van der Waals surface area contributed by atoms with Gasteiger partial charge in [0.05, 0.1) is 0 Å². The average Bonchev–Trinajstić information content (AvgIpc) is 2.86. The van der Waals surface area contributed by atoms with Crippen molar-refractivity contribution < 1.29 is 24.6 Å². The van der Waals surface area contributed by atoms with Crippen molar-refractivity contribution in [2.24, 2.45) is 28.6 Å². The first-order chi connectivity index (χ1) is 12.2. The van der Waals surface area contributed by atoms with E-state index >= 15 is 0 Å². The van der Waals surface area contributed by atoms with Crippen molar-refractivity contribution in [2.75, 3.05) is 6.61 Å². The molecule has 0 saturated heterocycles. The molecule has 6 atom stereocenters. The molecule has 26 heavy (non-hydrogen) atoms. The first kappa shape index (κ1) is 17.8. The summed E-state index contributed by atoms with van der Waals surface area (Å²) in [5, 5.41) is 20.5. The lowest BCUT2D eigenvalue weighted by molar-refractivity contribution is -0.168. The second kappa shape index (κ2) is 5.46. The van der Waals surface area contributed by atoms with Crippen molar-refractivity contribution in [3.8, 4) is 0 Å². The number of ketones is 3. The quantitative estimate of drug-likeness (QED) is 0.785. The van der Waals surface area contributed by atoms with Gasteiger partial charge in [-0.25, -0.2) is 0 Å². The molecule has 4 aliphatic carbocycles. The van der Waals surface area contributed by atoms with Crippen LogP contribution in [0.5, 0.6) is 0 Å². The highest BCUT2D eigenvalue weighted by atomic mass is 16.3. The van der Waals surface area contributed by atoms with Gasteiger partial charge in [-0.2, -0.15) is 0 Å². The summed E-state index contributed by atoms with van der Waals surface area (Å²) in [6.45, 7) is 3.19. The Morgan fingerprint density at radius 3 is 2.69 bits per heavy atom. The first-order valence-electron chi connectivity index (χ1n) is 9.51. The summed E-state index contributed by atoms with van der Waals surface area (Å²) in [6, 6.07) is 0. The van der Waals surface area contributed by atoms with Crippen LogP contribution in [0.3, 0.4) is 0 Å². The van der Waals surface area contributed by atoms with E-state index in [0.717, 1.165) is 18.4 Å². The fourth-order valence-corrected chi connectivity index (χ4v) is 6.62. The van der Waals surface area contributed by atoms with Crippen molar-refractivity contribution in [3.63, 3.8) is 0 Å². The predicted octanol–water partition coefficient (Wildman–Crippen LogP) is 1.77. The molecule has 0 aromatic heterocycles. The summed E-state index contributed by atoms with van der Waals surface area (Å²) in [7, 11) is 0. The maximum absolute atomic E-state index is 13.3. The summed E-state index contributed by atoms with van der Waals surface area (Å²) in [5.41, 5.74) is -1.86. The molecule has 2 N–H and O–H groups in total. The predicted molar refractivity (Wildman–Crippen MR) is 94.0 cm³/mol. The maximum atomic E-state index is 13.3. The third-order valence-electron chi connectivity index (χ3n) is 8.01. The van der Waals surface area contributed by atoms with Crippen molar-refractivity contribution in [1.82, 2.24) is 0 Å². The van der Waals surface area contributed by atoms with Gasteiger partial charge >= 0.3 is 0 Å². The monoisotopic (exact) mass is 358 g/mol. The normalized spacial score (nSPS) is 47.1. The number of aliphatic hydroxyl groups excluding tert-OH is 1.